The fourth-order valence-corrected chi connectivity index (χ4v) is 23.2. The molecular formula is C96H82N8S8. The molecule has 17 rings (SSSR count). The van der Waals surface area contributed by atoms with E-state index in [9.17, 15) is 0 Å². The molecule has 3 aromatic heterocycles. The summed E-state index contributed by atoms with van der Waals surface area (Å²) in [6.45, 7) is 0. The number of H-pyrrole nitrogens is 2. The van der Waals surface area contributed by atoms with Gasteiger partial charge in [0, 0.05) is 129 Å². The van der Waals surface area contributed by atoms with Crippen LogP contribution in [0, 0.1) is 0 Å². The van der Waals surface area contributed by atoms with Crippen LogP contribution in [0.3, 0.4) is 0 Å². The van der Waals surface area contributed by atoms with Gasteiger partial charge in [-0.2, -0.15) is 0 Å². The van der Waals surface area contributed by atoms with Crippen molar-refractivity contribution in [3.8, 4) is 45.6 Å². The lowest BCUT2D eigenvalue weighted by Crippen LogP contribution is -1.93. The van der Waals surface area contributed by atoms with Crippen molar-refractivity contribution in [2.45, 2.75) is 90.5 Å². The maximum absolute atomic E-state index is 5.84. The zero-order valence-electron chi connectivity index (χ0n) is 62.0. The van der Waals surface area contributed by atoms with Crippen LogP contribution < -0.4 is 0 Å². The number of hydrogen-bond acceptors (Lipinski definition) is 14. The van der Waals surface area contributed by atoms with Gasteiger partial charge < -0.3 is 9.97 Å². The topological polar surface area (TPSA) is 109 Å². The predicted molar refractivity (Wildman–Crippen MR) is 483 cm³/mol. The number of aryl methyl sites for hydroxylation is 8. The zero-order chi connectivity index (χ0) is 75.0. The first kappa shape index (κ1) is 75.5. The van der Waals surface area contributed by atoms with E-state index in [4.69, 9.17) is 29.9 Å². The molecule has 16 heteroatoms. The summed E-state index contributed by atoms with van der Waals surface area (Å²) >= 11 is 15.3. The molecule has 2 aliphatic heterocycles. The lowest BCUT2D eigenvalue weighted by Gasteiger charge is -2.12. The van der Waals surface area contributed by atoms with Gasteiger partial charge in [0.15, 0.2) is 23.3 Å². The maximum atomic E-state index is 5.84. The fraction of sp³-hybridized carbons (Fsp3) is 0.167. The standard InChI is InChI=1S/C96H82N8S8/c1-9-25-65(26-10-1)41-49-105-81-57-73-74(58-82(81)106-50-42-66-27-11-2-12-28-66)90-97-89(73)101-91-75-59-83(107-51-43-67-29-13-3-14-30-67)84(108-52-44-68-31-15-4-16-32-68)60-76(75)93(98-91)103-95-79-63-87(111-55-47-71-37-21-7-22-38-71)88(112-56-48-72-39-23-8-24-40-72)64-80(79)96(100-95)104-94-78-62-86(110-54-46-70-35-19-6-20-36-70)85(61-77(78)92(99-94)102-90)109-53-45-69-33-17-5-18-34-69/h1-40,57-64H,41-56H2,(H2,97,98,99,100,101,102,103,104). The zero-order valence-corrected chi connectivity index (χ0v) is 68.5. The van der Waals surface area contributed by atoms with Crippen molar-refractivity contribution in [3.05, 3.63) is 336 Å². The van der Waals surface area contributed by atoms with Crippen LogP contribution in [0.1, 0.15) is 44.5 Å². The lowest BCUT2D eigenvalue weighted by atomic mass is 10.1. The van der Waals surface area contributed by atoms with Gasteiger partial charge in [-0.25, -0.2) is 29.9 Å². The summed E-state index contributed by atoms with van der Waals surface area (Å²) in [5, 5.41) is 3.84. The second-order valence-corrected chi connectivity index (χ2v) is 36.8. The molecule has 8 bridgehead atoms. The normalized spacial score (nSPS) is 11.7. The van der Waals surface area contributed by atoms with Crippen molar-refractivity contribution >= 4 is 138 Å². The first-order valence-corrected chi connectivity index (χ1v) is 46.2. The first-order valence-electron chi connectivity index (χ1n) is 38.4. The van der Waals surface area contributed by atoms with Gasteiger partial charge in [0.1, 0.15) is 22.6 Å². The molecule has 0 amide bonds. The molecule has 112 heavy (non-hydrogen) atoms. The minimum Gasteiger partial charge on any atom is -0.324 e. The van der Waals surface area contributed by atoms with Crippen LogP contribution in [-0.4, -0.2) is 85.9 Å². The quantitative estimate of drug-likeness (QED) is 0.0391. The molecule has 5 heterocycles. The predicted octanol–water partition coefficient (Wildman–Crippen LogP) is 25.5. The fourth-order valence-electron chi connectivity index (χ4n) is 14.1. The Kier molecular flexibility index (Phi) is 25.1. The second-order valence-electron chi connectivity index (χ2n) is 27.7. The van der Waals surface area contributed by atoms with Crippen molar-refractivity contribution in [1.82, 2.24) is 39.9 Å². The number of aromatic nitrogens is 8. The molecule has 0 spiro atoms. The van der Waals surface area contributed by atoms with Crippen LogP contribution in [0.2, 0.25) is 0 Å². The van der Waals surface area contributed by atoms with Gasteiger partial charge >= 0.3 is 0 Å². The first-order chi connectivity index (χ1) is 55.5. The molecule has 8 nitrogen and oxygen atoms in total. The van der Waals surface area contributed by atoms with E-state index in [2.05, 4.69) is 301 Å². The summed E-state index contributed by atoms with van der Waals surface area (Å²) in [5.74, 6) is 9.54. The molecule has 0 unspecified atom stereocenters. The highest BCUT2D eigenvalue weighted by atomic mass is 32.2. The molecule has 0 radical (unpaired) electrons. The number of hydrogen-bond donors (Lipinski definition) is 2. The van der Waals surface area contributed by atoms with Crippen molar-refractivity contribution in [1.29, 1.82) is 0 Å². The van der Waals surface area contributed by atoms with Crippen molar-refractivity contribution in [2.75, 3.05) is 46.0 Å². The number of aromatic amines is 2. The van der Waals surface area contributed by atoms with Crippen LogP contribution in [0.25, 0.3) is 89.7 Å². The molecule has 2 N–H and O–H groups in total. The van der Waals surface area contributed by atoms with Crippen LogP contribution in [0.4, 0.5) is 0 Å². The number of benzene rings is 12. The largest absolute Gasteiger partial charge is 0.324 e. The second kappa shape index (κ2) is 37.2. The Morgan fingerprint density at radius 1 is 0.179 bits per heavy atom. The minimum absolute atomic E-state index is 0.588. The summed E-state index contributed by atoms with van der Waals surface area (Å²) in [4.78, 5) is 52.2. The molecule has 0 saturated heterocycles. The van der Waals surface area contributed by atoms with E-state index in [-0.39, 0.29) is 0 Å². The molecule has 2 aliphatic rings. The van der Waals surface area contributed by atoms with E-state index in [1.807, 2.05) is 94.1 Å². The number of nitrogens with one attached hydrogen (secondary N) is 2. The van der Waals surface area contributed by atoms with Crippen LogP contribution in [-0.2, 0) is 51.4 Å². The van der Waals surface area contributed by atoms with E-state index in [1.165, 1.54) is 83.7 Å². The van der Waals surface area contributed by atoms with E-state index in [0.29, 0.717) is 45.9 Å². The summed E-state index contributed by atoms with van der Waals surface area (Å²) in [5.41, 5.74) is 17.0. The highest BCUT2D eigenvalue weighted by molar-refractivity contribution is 8.03. The van der Waals surface area contributed by atoms with Crippen LogP contribution in [0.15, 0.2) is 330 Å². The maximum Gasteiger partial charge on any atom is 0.164 e. The van der Waals surface area contributed by atoms with Crippen molar-refractivity contribution in [3.63, 3.8) is 0 Å². The minimum atomic E-state index is 0.588. The Hall–Kier alpha value is -9.20. The number of rotatable bonds is 32. The van der Waals surface area contributed by atoms with Crippen molar-refractivity contribution in [2.24, 2.45) is 0 Å². The molecule has 554 valence electrons. The Balaban J connectivity index is 0.900. The summed E-state index contributed by atoms with van der Waals surface area (Å²) in [7, 11) is 0. The monoisotopic (exact) mass is 1600 g/mol. The Labute approximate surface area is 689 Å². The van der Waals surface area contributed by atoms with Gasteiger partial charge in [-0.3, -0.25) is 0 Å². The Bertz CT molecular complexity index is 5190. The highest BCUT2D eigenvalue weighted by Gasteiger charge is 2.28. The average molecular weight is 1600 g/mol. The average Bonchev–Trinajstić information content (AvgIpc) is 1.59. The van der Waals surface area contributed by atoms with Gasteiger partial charge in [-0.1, -0.05) is 243 Å². The summed E-state index contributed by atoms with van der Waals surface area (Å²) < 4.78 is 0. The van der Waals surface area contributed by atoms with Crippen molar-refractivity contribution < 1.29 is 0 Å². The summed E-state index contributed by atoms with van der Waals surface area (Å²) in [6.07, 6.45) is 7.44. The lowest BCUT2D eigenvalue weighted by molar-refractivity contribution is 1.13. The smallest absolute Gasteiger partial charge is 0.164 e. The van der Waals surface area contributed by atoms with Crippen LogP contribution >= 0.6 is 94.1 Å². The summed E-state index contributed by atoms with van der Waals surface area (Å²) in [6, 6.07) is 106. The van der Waals surface area contributed by atoms with Crippen LogP contribution in [0.5, 0.6) is 0 Å². The third kappa shape index (κ3) is 18.8. The molecule has 0 aliphatic carbocycles. The number of thioether (sulfide) groups is 8. The number of nitrogens with zero attached hydrogens (tertiary/aromatic N) is 6. The molecular weight excluding hydrogens is 1520 g/mol. The molecule has 0 atom stereocenters. The molecule has 15 aromatic rings. The molecule has 0 fully saturated rings. The van der Waals surface area contributed by atoms with Gasteiger partial charge in [0.2, 0.25) is 0 Å². The Morgan fingerprint density at radius 3 is 0.491 bits per heavy atom. The van der Waals surface area contributed by atoms with E-state index >= 15 is 0 Å². The molecule has 12 aromatic carbocycles. The Morgan fingerprint density at radius 2 is 0.330 bits per heavy atom. The van der Waals surface area contributed by atoms with Gasteiger partial charge in [0.25, 0.3) is 0 Å². The third-order valence-corrected chi connectivity index (χ3v) is 29.0. The number of fused-ring (bicyclic) bond motifs is 20. The SMILES string of the molecule is c1ccc(CCSc2cc3c(cc2SCCc2ccccc2)-c2nc-3nc3[nH]c(nc4nc(nc5[nH]c(n2)c2cc(SCCc6ccccc6)c(SCCc6ccccc6)cc52)-c2cc(SCCc5ccccc5)c(SCCc5ccccc5)cc2-4)c2cc(SCCc4ccccc4)c(SCCc4ccccc4)cc32)cc1. The van der Waals surface area contributed by atoms with E-state index in [0.717, 1.165) is 141 Å². The van der Waals surface area contributed by atoms with E-state index < -0.39 is 0 Å². The van der Waals surface area contributed by atoms with E-state index in [1.54, 1.807) is 0 Å². The third-order valence-electron chi connectivity index (χ3n) is 20.0. The van der Waals surface area contributed by atoms with Gasteiger partial charge in [0.05, 0.1) is 0 Å². The van der Waals surface area contributed by atoms with Gasteiger partial charge in [-0.05, 0) is 144 Å². The molecule has 0 saturated carbocycles. The highest BCUT2D eigenvalue weighted by Crippen LogP contribution is 2.47. The van der Waals surface area contributed by atoms with Gasteiger partial charge in [-0.15, -0.1) is 94.1 Å².